The third-order valence-electron chi connectivity index (χ3n) is 8.46. The molecule has 0 aliphatic carbocycles. The lowest BCUT2D eigenvalue weighted by molar-refractivity contribution is -0.135. The summed E-state index contributed by atoms with van der Waals surface area (Å²) in [5.41, 5.74) is 5.39. The lowest BCUT2D eigenvalue weighted by Gasteiger charge is -2.30. The Morgan fingerprint density at radius 1 is 1.07 bits per heavy atom. The molecule has 1 aromatic heterocycles. The van der Waals surface area contributed by atoms with Crippen molar-refractivity contribution in [3.8, 4) is 22.4 Å². The lowest BCUT2D eigenvalue weighted by Crippen LogP contribution is -2.51. The number of carbonyl (C=O) groups is 2. The van der Waals surface area contributed by atoms with Gasteiger partial charge >= 0.3 is 6.09 Å². The molecule has 228 valence electrons. The molecule has 2 fully saturated rings. The predicted molar refractivity (Wildman–Crippen MR) is 169 cm³/mol. The first-order valence-electron chi connectivity index (χ1n) is 15.2. The van der Waals surface area contributed by atoms with Crippen molar-refractivity contribution in [2.24, 2.45) is 10.9 Å². The molecule has 43 heavy (non-hydrogen) atoms. The number of imidazole rings is 1. The van der Waals surface area contributed by atoms with E-state index in [1.807, 2.05) is 24.9 Å². The Balaban J connectivity index is 1.26. The first-order chi connectivity index (χ1) is 20.9. The summed E-state index contributed by atoms with van der Waals surface area (Å²) < 4.78 is 4.74. The van der Waals surface area contributed by atoms with Crippen LogP contribution in [0.1, 0.15) is 63.0 Å². The van der Waals surface area contributed by atoms with E-state index in [9.17, 15) is 9.59 Å². The molecule has 10 heteroatoms. The van der Waals surface area contributed by atoms with Crippen LogP contribution in [0.25, 0.3) is 22.4 Å². The zero-order valence-corrected chi connectivity index (χ0v) is 25.3. The van der Waals surface area contributed by atoms with Crippen molar-refractivity contribution >= 4 is 18.7 Å². The molecular weight excluding hydrogens is 542 g/mol. The van der Waals surface area contributed by atoms with Crippen molar-refractivity contribution in [2.45, 2.75) is 63.8 Å². The Labute approximate surface area is 253 Å². The fourth-order valence-corrected chi connectivity index (χ4v) is 6.05. The molecule has 0 radical (unpaired) electrons. The van der Waals surface area contributed by atoms with E-state index in [1.54, 1.807) is 0 Å². The minimum Gasteiger partial charge on any atom is -0.453 e. The van der Waals surface area contributed by atoms with Gasteiger partial charge < -0.3 is 25.3 Å². The van der Waals surface area contributed by atoms with Crippen LogP contribution in [0.2, 0.25) is 0 Å². The first-order valence-corrected chi connectivity index (χ1v) is 15.2. The number of H-pyrrole nitrogens is 1. The SMILES string of the molecule is C=NCC(NC1CCCN1)c1ccc(-c2ccc(-c3cnc(C4CCCN4C(=O)[C@@H](NC(=O)OC)C(C)C)[nH]3)cc2)cc1. The number of alkyl carbamates (subject to hydrolysis) is 1. The number of amides is 2. The number of nitrogens with zero attached hydrogens (tertiary/aromatic N) is 3. The van der Waals surface area contributed by atoms with E-state index in [4.69, 9.17) is 4.74 Å². The van der Waals surface area contributed by atoms with Gasteiger partial charge in [-0.25, -0.2) is 9.78 Å². The van der Waals surface area contributed by atoms with E-state index in [0.717, 1.165) is 54.0 Å². The number of aromatic nitrogens is 2. The monoisotopic (exact) mass is 585 g/mol. The van der Waals surface area contributed by atoms with Gasteiger partial charge in [0.15, 0.2) is 0 Å². The number of hydrogen-bond acceptors (Lipinski definition) is 7. The lowest BCUT2D eigenvalue weighted by atomic mass is 9.99. The van der Waals surface area contributed by atoms with Gasteiger partial charge in [-0.15, -0.1) is 0 Å². The van der Waals surface area contributed by atoms with Crippen molar-refractivity contribution in [3.05, 3.63) is 66.1 Å². The number of benzene rings is 2. The number of likely N-dealkylation sites (tertiary alicyclic amines) is 1. The normalized spacial score (nSPS) is 19.8. The molecule has 3 heterocycles. The summed E-state index contributed by atoms with van der Waals surface area (Å²) in [6.45, 7) is 9.84. The predicted octanol–water partition coefficient (Wildman–Crippen LogP) is 4.83. The van der Waals surface area contributed by atoms with Crippen molar-refractivity contribution < 1.29 is 14.3 Å². The summed E-state index contributed by atoms with van der Waals surface area (Å²) in [4.78, 5) is 39.4. The molecule has 2 aliphatic heterocycles. The molecule has 2 saturated heterocycles. The van der Waals surface area contributed by atoms with Gasteiger partial charge in [-0.2, -0.15) is 0 Å². The minimum atomic E-state index is -0.658. The van der Waals surface area contributed by atoms with E-state index in [1.165, 1.54) is 19.1 Å². The number of nitrogens with one attached hydrogen (secondary N) is 4. The molecule has 4 N–H and O–H groups in total. The Morgan fingerprint density at radius 2 is 1.77 bits per heavy atom. The molecule has 2 aromatic carbocycles. The number of rotatable bonds is 11. The highest BCUT2D eigenvalue weighted by atomic mass is 16.5. The molecule has 0 saturated carbocycles. The van der Waals surface area contributed by atoms with Crippen LogP contribution in [-0.4, -0.2) is 72.5 Å². The summed E-state index contributed by atoms with van der Waals surface area (Å²) in [6, 6.07) is 16.4. The van der Waals surface area contributed by atoms with Gasteiger partial charge in [-0.1, -0.05) is 62.4 Å². The summed E-state index contributed by atoms with van der Waals surface area (Å²) in [6.07, 6.45) is 5.54. The van der Waals surface area contributed by atoms with Crippen molar-refractivity contribution in [3.63, 3.8) is 0 Å². The van der Waals surface area contributed by atoms with Crippen LogP contribution < -0.4 is 16.0 Å². The average molecular weight is 586 g/mol. The van der Waals surface area contributed by atoms with Crippen molar-refractivity contribution in [1.29, 1.82) is 0 Å². The second-order valence-corrected chi connectivity index (χ2v) is 11.7. The molecule has 2 aliphatic rings. The van der Waals surface area contributed by atoms with Crippen LogP contribution in [0.4, 0.5) is 4.79 Å². The summed E-state index contributed by atoms with van der Waals surface area (Å²) >= 11 is 0. The van der Waals surface area contributed by atoms with Crippen molar-refractivity contribution in [1.82, 2.24) is 30.8 Å². The maximum atomic E-state index is 13.4. The van der Waals surface area contributed by atoms with Gasteiger partial charge in [-0.3, -0.25) is 15.1 Å². The Morgan fingerprint density at radius 3 is 2.40 bits per heavy atom. The Bertz CT molecular complexity index is 1380. The van der Waals surface area contributed by atoms with Crippen molar-refractivity contribution in [2.75, 3.05) is 26.7 Å². The van der Waals surface area contributed by atoms with Crippen LogP contribution in [-0.2, 0) is 9.53 Å². The Hall–Kier alpha value is -4.02. The van der Waals surface area contributed by atoms with E-state index in [2.05, 4.69) is 86.2 Å². The third-order valence-corrected chi connectivity index (χ3v) is 8.46. The van der Waals surface area contributed by atoms with Crippen LogP contribution in [0, 0.1) is 5.92 Å². The van der Waals surface area contributed by atoms with Gasteiger partial charge in [0.25, 0.3) is 0 Å². The van der Waals surface area contributed by atoms with E-state index in [0.29, 0.717) is 19.3 Å². The van der Waals surface area contributed by atoms with Gasteiger partial charge in [0.05, 0.1) is 43.8 Å². The summed E-state index contributed by atoms with van der Waals surface area (Å²) in [5.74, 6) is 0.562. The minimum absolute atomic E-state index is 0.0776. The van der Waals surface area contributed by atoms with Gasteiger partial charge in [0.1, 0.15) is 11.9 Å². The molecular formula is C33H43N7O3. The molecule has 2 amide bonds. The molecule has 3 aromatic rings. The Kier molecular flexibility index (Phi) is 9.89. The van der Waals surface area contributed by atoms with E-state index >= 15 is 0 Å². The second kappa shape index (κ2) is 14.0. The molecule has 3 unspecified atom stereocenters. The number of carbonyl (C=O) groups excluding carboxylic acids is 2. The van der Waals surface area contributed by atoms with E-state index in [-0.39, 0.29) is 23.9 Å². The van der Waals surface area contributed by atoms with Crippen LogP contribution in [0.5, 0.6) is 0 Å². The van der Waals surface area contributed by atoms with E-state index < -0.39 is 12.1 Å². The molecule has 5 rings (SSSR count). The quantitative estimate of drug-likeness (QED) is 0.239. The number of aliphatic imine (C=N–C) groups is 1. The molecule has 4 atom stereocenters. The number of methoxy groups -OCH3 is 1. The number of ether oxygens (including phenoxy) is 1. The maximum Gasteiger partial charge on any atom is 0.407 e. The topological polar surface area (TPSA) is 124 Å². The van der Waals surface area contributed by atoms with Crippen LogP contribution >= 0.6 is 0 Å². The van der Waals surface area contributed by atoms with Crippen LogP contribution in [0.3, 0.4) is 0 Å². The second-order valence-electron chi connectivity index (χ2n) is 11.7. The zero-order valence-electron chi connectivity index (χ0n) is 25.3. The highest BCUT2D eigenvalue weighted by molar-refractivity contribution is 5.86. The average Bonchev–Trinajstić information content (AvgIpc) is 3.81. The molecule has 0 bridgehead atoms. The fraction of sp³-hybridized carbons (Fsp3) is 0.455. The number of aromatic amines is 1. The summed E-state index contributed by atoms with van der Waals surface area (Å²) in [5, 5.41) is 9.87. The fourth-order valence-electron chi connectivity index (χ4n) is 6.05. The third kappa shape index (κ3) is 7.14. The maximum absolute atomic E-state index is 13.4. The zero-order chi connectivity index (χ0) is 30.3. The van der Waals surface area contributed by atoms with Gasteiger partial charge in [0, 0.05) is 6.54 Å². The summed E-state index contributed by atoms with van der Waals surface area (Å²) in [7, 11) is 1.30. The standard InChI is InChI=1S/C33H43N7O3/c1-21(2)30(39-33(42)43-4)32(41)40-18-6-7-28(40)31-36-20-27(38-31)25-15-11-23(12-16-25)22-9-13-24(14-10-22)26(19-34-3)37-29-8-5-17-35-29/h9-16,20-21,26,28-30,35,37H,3,5-8,17-19H2,1-2,4H3,(H,36,38)(H,39,42)/t26?,28?,29?,30-/m0/s1. The highest BCUT2D eigenvalue weighted by Crippen LogP contribution is 2.33. The van der Waals surface area contributed by atoms with Gasteiger partial charge in [0.2, 0.25) is 5.91 Å². The largest absolute Gasteiger partial charge is 0.453 e. The first kappa shape index (κ1) is 30.4. The van der Waals surface area contributed by atoms with Crippen LogP contribution in [0.15, 0.2) is 59.7 Å². The van der Waals surface area contributed by atoms with Gasteiger partial charge in [-0.05, 0) is 67.1 Å². The molecule has 10 nitrogen and oxygen atoms in total. The smallest absolute Gasteiger partial charge is 0.407 e. The number of hydrogen-bond donors (Lipinski definition) is 4. The molecule has 0 spiro atoms. The highest BCUT2D eigenvalue weighted by Gasteiger charge is 2.37.